The molecule has 0 radical (unpaired) electrons. The molecule has 3 nitrogen and oxygen atoms in total. The summed E-state index contributed by atoms with van der Waals surface area (Å²) in [5, 5.41) is 3.70. The van der Waals surface area contributed by atoms with Gasteiger partial charge in [-0.1, -0.05) is 24.6 Å². The van der Waals surface area contributed by atoms with Gasteiger partial charge in [-0.15, -0.1) is 11.3 Å². The summed E-state index contributed by atoms with van der Waals surface area (Å²) >= 11 is 1.63. The summed E-state index contributed by atoms with van der Waals surface area (Å²) in [4.78, 5) is 18.3. The van der Waals surface area contributed by atoms with E-state index in [2.05, 4.69) is 17.2 Å². The molecule has 1 aliphatic rings. The van der Waals surface area contributed by atoms with E-state index in [1.807, 2.05) is 32.0 Å². The molecule has 0 aliphatic heterocycles. The monoisotopic (exact) mass is 300 g/mol. The SMILES string of the molecule is Cc1ccc(C)c(C(=O)Nc2nc3c(s2)CC(C)CC3)c1. The van der Waals surface area contributed by atoms with Gasteiger partial charge in [0.05, 0.1) is 5.69 Å². The van der Waals surface area contributed by atoms with Crippen molar-refractivity contribution in [2.75, 3.05) is 5.32 Å². The van der Waals surface area contributed by atoms with Crippen LogP contribution in [0.4, 0.5) is 5.13 Å². The highest BCUT2D eigenvalue weighted by Crippen LogP contribution is 2.32. The predicted octanol–water partition coefficient (Wildman–Crippen LogP) is 4.14. The molecule has 2 aromatic rings. The summed E-state index contributed by atoms with van der Waals surface area (Å²) in [7, 11) is 0. The van der Waals surface area contributed by atoms with Crippen LogP contribution in [0.1, 0.15) is 45.4 Å². The van der Waals surface area contributed by atoms with Gasteiger partial charge in [0.1, 0.15) is 0 Å². The molecule has 0 saturated carbocycles. The summed E-state index contributed by atoms with van der Waals surface area (Å²) in [5.74, 6) is 0.663. The summed E-state index contributed by atoms with van der Waals surface area (Å²) in [6.07, 6.45) is 3.32. The van der Waals surface area contributed by atoms with Crippen molar-refractivity contribution in [3.05, 3.63) is 45.5 Å². The Labute approximate surface area is 129 Å². The zero-order chi connectivity index (χ0) is 15.0. The van der Waals surface area contributed by atoms with Crippen LogP contribution in [0.2, 0.25) is 0 Å². The van der Waals surface area contributed by atoms with E-state index < -0.39 is 0 Å². The fourth-order valence-electron chi connectivity index (χ4n) is 2.74. The number of benzene rings is 1. The lowest BCUT2D eigenvalue weighted by Crippen LogP contribution is -2.13. The molecule has 3 rings (SSSR count). The van der Waals surface area contributed by atoms with Crippen LogP contribution in [0, 0.1) is 19.8 Å². The van der Waals surface area contributed by atoms with Crippen molar-refractivity contribution in [2.45, 2.75) is 40.0 Å². The van der Waals surface area contributed by atoms with Crippen molar-refractivity contribution < 1.29 is 4.79 Å². The van der Waals surface area contributed by atoms with E-state index in [1.165, 1.54) is 17.0 Å². The van der Waals surface area contributed by atoms with Crippen molar-refractivity contribution in [1.29, 1.82) is 0 Å². The Morgan fingerprint density at radius 3 is 3.00 bits per heavy atom. The number of nitrogens with one attached hydrogen (secondary N) is 1. The highest BCUT2D eigenvalue weighted by Gasteiger charge is 2.21. The van der Waals surface area contributed by atoms with Crippen molar-refractivity contribution in [3.63, 3.8) is 0 Å². The van der Waals surface area contributed by atoms with Gasteiger partial charge in [0.15, 0.2) is 5.13 Å². The summed E-state index contributed by atoms with van der Waals surface area (Å²) in [6, 6.07) is 5.94. The van der Waals surface area contributed by atoms with Crippen LogP contribution in [0.5, 0.6) is 0 Å². The van der Waals surface area contributed by atoms with Gasteiger partial charge >= 0.3 is 0 Å². The van der Waals surface area contributed by atoms with Crippen LogP contribution in [-0.4, -0.2) is 10.9 Å². The summed E-state index contributed by atoms with van der Waals surface area (Å²) < 4.78 is 0. The average Bonchev–Trinajstić information content (AvgIpc) is 2.82. The van der Waals surface area contributed by atoms with E-state index in [4.69, 9.17) is 0 Å². The molecule has 0 fully saturated rings. The molecular formula is C17H20N2OS. The highest BCUT2D eigenvalue weighted by atomic mass is 32.1. The maximum atomic E-state index is 12.4. The Kier molecular flexibility index (Phi) is 3.81. The van der Waals surface area contributed by atoms with E-state index in [-0.39, 0.29) is 5.91 Å². The third kappa shape index (κ3) is 3.00. The van der Waals surface area contributed by atoms with Crippen molar-refractivity contribution in [2.24, 2.45) is 5.92 Å². The van der Waals surface area contributed by atoms with Crippen LogP contribution >= 0.6 is 11.3 Å². The normalized spacial score (nSPS) is 17.4. The minimum absolute atomic E-state index is 0.0599. The zero-order valence-electron chi connectivity index (χ0n) is 12.7. The lowest BCUT2D eigenvalue weighted by molar-refractivity contribution is 0.102. The summed E-state index contributed by atoms with van der Waals surface area (Å²) in [5.41, 5.74) is 4.00. The van der Waals surface area contributed by atoms with E-state index in [0.717, 1.165) is 40.6 Å². The van der Waals surface area contributed by atoms with E-state index >= 15 is 0 Å². The molecule has 0 bridgehead atoms. The lowest BCUT2D eigenvalue weighted by atomic mass is 9.93. The molecule has 1 aliphatic carbocycles. The Bertz CT molecular complexity index is 690. The van der Waals surface area contributed by atoms with Gasteiger partial charge in [-0.25, -0.2) is 4.98 Å². The van der Waals surface area contributed by atoms with Gasteiger partial charge < -0.3 is 0 Å². The number of fused-ring (bicyclic) bond motifs is 1. The lowest BCUT2D eigenvalue weighted by Gasteiger charge is -2.15. The zero-order valence-corrected chi connectivity index (χ0v) is 13.5. The number of aryl methyl sites for hydroxylation is 3. The van der Waals surface area contributed by atoms with Crippen LogP contribution in [0.15, 0.2) is 18.2 Å². The van der Waals surface area contributed by atoms with E-state index in [0.29, 0.717) is 0 Å². The molecule has 1 atom stereocenters. The van der Waals surface area contributed by atoms with Gasteiger partial charge in [0, 0.05) is 10.4 Å². The number of hydrogen-bond acceptors (Lipinski definition) is 3. The minimum atomic E-state index is -0.0599. The molecule has 110 valence electrons. The van der Waals surface area contributed by atoms with E-state index in [9.17, 15) is 4.79 Å². The second kappa shape index (κ2) is 5.60. The number of rotatable bonds is 2. The first-order valence-electron chi connectivity index (χ1n) is 7.40. The number of carbonyl (C=O) groups excluding carboxylic acids is 1. The van der Waals surface area contributed by atoms with Crippen LogP contribution in [0.3, 0.4) is 0 Å². The molecule has 1 N–H and O–H groups in total. The number of amides is 1. The number of aromatic nitrogens is 1. The topological polar surface area (TPSA) is 42.0 Å². The van der Waals surface area contributed by atoms with Gasteiger partial charge in [-0.2, -0.15) is 0 Å². The smallest absolute Gasteiger partial charge is 0.257 e. The fourth-order valence-corrected chi connectivity index (χ4v) is 3.90. The van der Waals surface area contributed by atoms with Crippen LogP contribution in [-0.2, 0) is 12.8 Å². The number of thiazole rings is 1. The third-order valence-electron chi connectivity index (χ3n) is 4.04. The molecule has 1 aromatic carbocycles. The van der Waals surface area contributed by atoms with Gasteiger partial charge in [-0.05, 0) is 50.7 Å². The molecule has 4 heteroatoms. The number of carbonyl (C=O) groups is 1. The van der Waals surface area contributed by atoms with Gasteiger partial charge in [0.25, 0.3) is 5.91 Å². The average molecular weight is 300 g/mol. The second-order valence-corrected chi connectivity index (χ2v) is 7.09. The maximum absolute atomic E-state index is 12.4. The number of nitrogens with zero attached hydrogens (tertiary/aromatic N) is 1. The molecular weight excluding hydrogens is 280 g/mol. The van der Waals surface area contributed by atoms with Crippen LogP contribution < -0.4 is 5.32 Å². The molecule has 1 aromatic heterocycles. The second-order valence-electron chi connectivity index (χ2n) is 6.01. The molecule has 1 amide bonds. The predicted molar refractivity (Wildman–Crippen MR) is 87.2 cm³/mol. The van der Waals surface area contributed by atoms with Crippen molar-refractivity contribution in [3.8, 4) is 0 Å². The van der Waals surface area contributed by atoms with E-state index in [1.54, 1.807) is 11.3 Å². The van der Waals surface area contributed by atoms with Crippen molar-refractivity contribution >= 4 is 22.4 Å². The third-order valence-corrected chi connectivity index (χ3v) is 5.08. The molecule has 1 heterocycles. The Morgan fingerprint density at radius 2 is 2.19 bits per heavy atom. The first kappa shape index (κ1) is 14.3. The molecule has 21 heavy (non-hydrogen) atoms. The Balaban J connectivity index is 1.80. The first-order chi connectivity index (χ1) is 10.0. The molecule has 0 saturated heterocycles. The molecule has 1 unspecified atom stereocenters. The van der Waals surface area contributed by atoms with Gasteiger partial charge in [-0.3, -0.25) is 10.1 Å². The Hall–Kier alpha value is -1.68. The van der Waals surface area contributed by atoms with Crippen LogP contribution in [0.25, 0.3) is 0 Å². The largest absolute Gasteiger partial charge is 0.298 e. The highest BCUT2D eigenvalue weighted by molar-refractivity contribution is 7.15. The number of anilines is 1. The Morgan fingerprint density at radius 1 is 1.38 bits per heavy atom. The standard InChI is InChI=1S/C17H20N2OS/c1-10-4-6-12(3)13(8-10)16(20)19-17-18-14-7-5-11(2)9-15(14)21-17/h4,6,8,11H,5,7,9H2,1-3H3,(H,18,19,20). The molecule has 0 spiro atoms. The fraction of sp³-hybridized carbons (Fsp3) is 0.412. The summed E-state index contributed by atoms with van der Waals surface area (Å²) in [6.45, 7) is 6.24. The van der Waals surface area contributed by atoms with Crippen molar-refractivity contribution in [1.82, 2.24) is 4.98 Å². The minimum Gasteiger partial charge on any atom is -0.298 e. The quantitative estimate of drug-likeness (QED) is 0.905. The van der Waals surface area contributed by atoms with Gasteiger partial charge in [0.2, 0.25) is 0 Å². The maximum Gasteiger partial charge on any atom is 0.257 e. The first-order valence-corrected chi connectivity index (χ1v) is 8.22. The number of hydrogen-bond donors (Lipinski definition) is 1.